The molecule has 1 aliphatic heterocycles. The van der Waals surface area contributed by atoms with Gasteiger partial charge in [-0.3, -0.25) is 19.4 Å². The summed E-state index contributed by atoms with van der Waals surface area (Å²) in [6.45, 7) is 1.90. The Labute approximate surface area is 264 Å². The van der Waals surface area contributed by atoms with Crippen LogP contribution in [-0.2, 0) is 16.0 Å². The van der Waals surface area contributed by atoms with Crippen LogP contribution in [0.2, 0.25) is 5.02 Å². The topological polar surface area (TPSA) is 154 Å². The lowest BCUT2D eigenvalue weighted by Gasteiger charge is -2.38. The molecule has 3 atom stereocenters. The Morgan fingerprint density at radius 1 is 1.09 bits per heavy atom. The number of amides is 1. The summed E-state index contributed by atoms with van der Waals surface area (Å²) in [5.74, 6) is -3.79. The standard InChI is InChI=1S/C33H33ClN2O9/c1-17-13-22(38)27(31(40)33(17)32(41)28-24(43-3)16-25(44-4)29(34)30(28)45-33)20(18-8-9-21(37)23(14-18)42-2)15-26(39)36-12-10-19-7-5-6-11-35-19/h5-9,11,14,16-17,20,37,40H,10,12-13,15H2,1-4H3,(H,36,39)/t17-,20?,33+/m1/s1. The predicted octanol–water partition coefficient (Wildman–Crippen LogP) is 4.73. The molecule has 1 spiro atoms. The van der Waals surface area contributed by atoms with Crippen molar-refractivity contribution in [1.82, 2.24) is 10.3 Å². The molecule has 0 fully saturated rings. The molecule has 5 rings (SSSR count). The molecule has 1 amide bonds. The number of benzene rings is 2. The average molecular weight is 637 g/mol. The van der Waals surface area contributed by atoms with Gasteiger partial charge in [-0.25, -0.2) is 0 Å². The molecule has 1 aliphatic carbocycles. The average Bonchev–Trinajstić information content (AvgIpc) is 3.35. The Hall–Kier alpha value is -4.77. The largest absolute Gasteiger partial charge is 0.507 e. The number of phenols is 1. The molecule has 3 aromatic rings. The molecular weight excluding hydrogens is 604 g/mol. The highest BCUT2D eigenvalue weighted by molar-refractivity contribution is 6.35. The number of carbonyl (C=O) groups excluding carboxylic acids is 3. The number of aliphatic hydroxyl groups is 1. The van der Waals surface area contributed by atoms with Gasteiger partial charge < -0.3 is 34.5 Å². The number of aromatic nitrogens is 1. The molecule has 0 saturated heterocycles. The van der Waals surface area contributed by atoms with Crippen LogP contribution >= 0.6 is 11.6 Å². The van der Waals surface area contributed by atoms with Gasteiger partial charge in [-0.2, -0.15) is 0 Å². The summed E-state index contributed by atoms with van der Waals surface area (Å²) >= 11 is 6.56. The van der Waals surface area contributed by atoms with E-state index in [9.17, 15) is 24.6 Å². The highest BCUT2D eigenvalue weighted by Crippen LogP contribution is 2.56. The van der Waals surface area contributed by atoms with Crippen LogP contribution in [0.3, 0.4) is 0 Å². The van der Waals surface area contributed by atoms with Crippen LogP contribution in [0.25, 0.3) is 0 Å². The van der Waals surface area contributed by atoms with Gasteiger partial charge in [0.25, 0.3) is 0 Å². The third-order valence-electron chi connectivity index (χ3n) is 8.29. The predicted molar refractivity (Wildman–Crippen MR) is 164 cm³/mol. The summed E-state index contributed by atoms with van der Waals surface area (Å²) < 4.78 is 22.3. The van der Waals surface area contributed by atoms with Crippen molar-refractivity contribution < 1.29 is 43.5 Å². The molecule has 0 bridgehead atoms. The van der Waals surface area contributed by atoms with Gasteiger partial charge in [0.15, 0.2) is 28.8 Å². The maximum atomic E-state index is 14.2. The molecule has 12 heteroatoms. The fourth-order valence-corrected chi connectivity index (χ4v) is 6.23. The van der Waals surface area contributed by atoms with E-state index in [4.69, 9.17) is 30.5 Å². The molecule has 3 N–H and O–H groups in total. The Bertz CT molecular complexity index is 1690. The lowest BCUT2D eigenvalue weighted by atomic mass is 9.69. The first kappa shape index (κ1) is 31.6. The van der Waals surface area contributed by atoms with Crippen LogP contribution in [0.15, 0.2) is 60.0 Å². The number of allylic oxidation sites excluding steroid dienone is 1. The quantitative estimate of drug-likeness (QED) is 0.284. The summed E-state index contributed by atoms with van der Waals surface area (Å²) in [5.41, 5.74) is -0.999. The van der Waals surface area contributed by atoms with Gasteiger partial charge in [0.1, 0.15) is 22.1 Å². The zero-order chi connectivity index (χ0) is 32.5. The number of hydrogen-bond donors (Lipinski definition) is 3. The van der Waals surface area contributed by atoms with E-state index < -0.39 is 40.7 Å². The van der Waals surface area contributed by atoms with Crippen LogP contribution < -0.4 is 24.3 Å². The minimum Gasteiger partial charge on any atom is -0.507 e. The van der Waals surface area contributed by atoms with Crippen LogP contribution in [0.1, 0.15) is 47.3 Å². The summed E-state index contributed by atoms with van der Waals surface area (Å²) in [5, 5.41) is 25.1. The lowest BCUT2D eigenvalue weighted by Crippen LogP contribution is -2.53. The first-order valence-corrected chi connectivity index (χ1v) is 14.6. The number of pyridine rings is 1. The van der Waals surface area contributed by atoms with Crippen molar-refractivity contribution in [2.24, 2.45) is 5.92 Å². The van der Waals surface area contributed by atoms with E-state index in [-0.39, 0.29) is 64.3 Å². The summed E-state index contributed by atoms with van der Waals surface area (Å²) in [6, 6.07) is 11.3. The first-order valence-electron chi connectivity index (χ1n) is 14.3. The second kappa shape index (κ2) is 12.7. The molecule has 0 radical (unpaired) electrons. The van der Waals surface area contributed by atoms with Crippen LogP contribution in [-0.4, -0.2) is 66.1 Å². The fourth-order valence-electron chi connectivity index (χ4n) is 5.97. The summed E-state index contributed by atoms with van der Waals surface area (Å²) in [6.07, 6.45) is 1.69. The smallest absolute Gasteiger partial charge is 0.231 e. The highest BCUT2D eigenvalue weighted by Gasteiger charge is 2.61. The first-order chi connectivity index (χ1) is 21.6. The number of Topliss-reactive ketones (excluding diaryl/α,β-unsaturated/α-hetero) is 2. The molecule has 2 heterocycles. The molecular formula is C33H33ClN2O9. The Kier molecular flexibility index (Phi) is 8.92. The van der Waals surface area contributed by atoms with Gasteiger partial charge in [0.2, 0.25) is 17.3 Å². The number of methoxy groups -OCH3 is 3. The van der Waals surface area contributed by atoms with E-state index in [0.717, 1.165) is 5.69 Å². The number of aromatic hydroxyl groups is 1. The van der Waals surface area contributed by atoms with Gasteiger partial charge in [-0.1, -0.05) is 30.7 Å². The Morgan fingerprint density at radius 3 is 2.49 bits per heavy atom. The molecule has 1 unspecified atom stereocenters. The van der Waals surface area contributed by atoms with Crippen LogP contribution in [0.4, 0.5) is 0 Å². The van der Waals surface area contributed by atoms with Gasteiger partial charge in [0, 0.05) is 61.2 Å². The van der Waals surface area contributed by atoms with Crippen molar-refractivity contribution in [2.75, 3.05) is 27.9 Å². The summed E-state index contributed by atoms with van der Waals surface area (Å²) in [4.78, 5) is 45.6. The number of fused-ring (bicyclic) bond motifs is 1. The fraction of sp³-hybridized carbons (Fsp3) is 0.333. The van der Waals surface area contributed by atoms with Gasteiger partial charge in [-0.15, -0.1) is 0 Å². The van der Waals surface area contributed by atoms with Crippen LogP contribution in [0.5, 0.6) is 28.7 Å². The number of halogens is 1. The molecule has 0 saturated carbocycles. The number of ketones is 2. The zero-order valence-electron chi connectivity index (χ0n) is 25.2. The molecule has 1 aromatic heterocycles. The maximum absolute atomic E-state index is 14.2. The van der Waals surface area contributed by atoms with E-state index in [0.29, 0.717) is 12.0 Å². The third-order valence-corrected chi connectivity index (χ3v) is 8.64. The second-order valence-corrected chi connectivity index (χ2v) is 11.2. The number of nitrogens with one attached hydrogen (secondary N) is 1. The van der Waals surface area contributed by atoms with Crippen molar-refractivity contribution >= 4 is 29.1 Å². The van der Waals surface area contributed by atoms with Gasteiger partial charge in [-0.05, 0) is 29.8 Å². The number of hydrogen-bond acceptors (Lipinski definition) is 10. The Balaban J connectivity index is 1.59. The van der Waals surface area contributed by atoms with E-state index in [2.05, 4.69) is 10.3 Å². The van der Waals surface area contributed by atoms with Crippen molar-refractivity contribution in [3.05, 3.63) is 81.8 Å². The molecule has 2 aliphatic rings. The molecule has 2 aromatic carbocycles. The number of rotatable bonds is 10. The number of nitrogens with zero attached hydrogens (tertiary/aromatic N) is 1. The molecule has 236 valence electrons. The van der Waals surface area contributed by atoms with E-state index in [1.807, 2.05) is 12.1 Å². The number of ether oxygens (including phenoxy) is 4. The number of carbonyl (C=O) groups is 3. The lowest BCUT2D eigenvalue weighted by molar-refractivity contribution is -0.121. The number of phenolic OH excluding ortho intramolecular Hbond substituents is 1. The van der Waals surface area contributed by atoms with Crippen molar-refractivity contribution in [1.29, 1.82) is 0 Å². The Morgan fingerprint density at radius 2 is 1.82 bits per heavy atom. The SMILES string of the molecule is COc1cc(C(CC(=O)NCCc2ccccn2)C2=C(O)[C@@]3(Oc4c(Cl)c(OC)cc(OC)c4C3=O)[C@H](C)CC2=O)ccc1O. The monoisotopic (exact) mass is 636 g/mol. The normalized spacial score (nSPS) is 19.6. The van der Waals surface area contributed by atoms with Crippen LogP contribution in [0, 0.1) is 5.92 Å². The summed E-state index contributed by atoms with van der Waals surface area (Å²) in [7, 11) is 4.14. The maximum Gasteiger partial charge on any atom is 0.231 e. The highest BCUT2D eigenvalue weighted by atomic mass is 35.5. The van der Waals surface area contributed by atoms with E-state index in [1.54, 1.807) is 19.2 Å². The zero-order valence-corrected chi connectivity index (χ0v) is 25.9. The third kappa shape index (κ3) is 5.52. The van der Waals surface area contributed by atoms with Crippen molar-refractivity contribution in [2.45, 2.75) is 37.7 Å². The van der Waals surface area contributed by atoms with Gasteiger partial charge in [0.05, 0.1) is 21.3 Å². The van der Waals surface area contributed by atoms with Crippen molar-refractivity contribution in [3.63, 3.8) is 0 Å². The van der Waals surface area contributed by atoms with Gasteiger partial charge >= 0.3 is 0 Å². The molecule has 11 nitrogen and oxygen atoms in total. The van der Waals surface area contributed by atoms with E-state index in [1.165, 1.54) is 45.6 Å². The minimum atomic E-state index is -2.02. The van der Waals surface area contributed by atoms with Crippen molar-refractivity contribution in [3.8, 4) is 28.7 Å². The second-order valence-electron chi connectivity index (χ2n) is 10.9. The van der Waals surface area contributed by atoms with E-state index >= 15 is 0 Å². The number of aliphatic hydroxyl groups excluding tert-OH is 1. The minimum absolute atomic E-state index is 0.00378. The molecule has 45 heavy (non-hydrogen) atoms.